The Morgan fingerprint density at radius 2 is 0.788 bits per heavy atom. The summed E-state index contributed by atoms with van der Waals surface area (Å²) in [5.41, 5.74) is 0. The van der Waals surface area contributed by atoms with Crippen LogP contribution >= 0.6 is 0 Å². The van der Waals surface area contributed by atoms with E-state index in [2.05, 4.69) is 61.5 Å². The number of hydrogen-bond acceptors (Lipinski definition) is 1. The number of aliphatic hydroxyl groups is 1. The van der Waals surface area contributed by atoms with Crippen molar-refractivity contribution in [3.63, 3.8) is 0 Å². The topological polar surface area (TPSA) is 20.2 Å². The Kier molecular flexibility index (Phi) is 20.8. The smallest absolute Gasteiger partial charge is 0.0612 e. The number of hydrogen-bond donors (Lipinski definition) is 1. The van der Waals surface area contributed by atoms with Crippen LogP contribution in [0.1, 0.15) is 145 Å². The summed E-state index contributed by atoms with van der Waals surface area (Å²) >= 11 is 0. The standard InChI is InChI=1S/C32H64O/c1-26(2)17-21-31(22-18-27(3)4)14-9-12-30(16-11-25-33)13-10-15-32(23-19-28(5)6)24-20-29(7)8/h11,16,26-33H,9-10,12-15,17-25H2,1-8H3/b16-11+. The second-order valence-corrected chi connectivity index (χ2v) is 12.8. The molecule has 0 saturated heterocycles. The van der Waals surface area contributed by atoms with Gasteiger partial charge >= 0.3 is 0 Å². The monoisotopic (exact) mass is 464 g/mol. The van der Waals surface area contributed by atoms with E-state index in [9.17, 15) is 5.11 Å². The first-order chi connectivity index (χ1) is 15.6. The van der Waals surface area contributed by atoms with Crippen LogP contribution in [0.4, 0.5) is 0 Å². The highest BCUT2D eigenvalue weighted by atomic mass is 16.2. The molecule has 1 N–H and O–H groups in total. The molecule has 33 heavy (non-hydrogen) atoms. The second-order valence-electron chi connectivity index (χ2n) is 12.8. The average molecular weight is 465 g/mol. The van der Waals surface area contributed by atoms with Crippen molar-refractivity contribution < 1.29 is 5.11 Å². The molecule has 0 aliphatic carbocycles. The van der Waals surface area contributed by atoms with Crippen LogP contribution in [-0.2, 0) is 0 Å². The zero-order chi connectivity index (χ0) is 25.1. The summed E-state index contributed by atoms with van der Waals surface area (Å²) in [6, 6.07) is 0. The molecule has 0 amide bonds. The van der Waals surface area contributed by atoms with Crippen molar-refractivity contribution in [2.24, 2.45) is 41.4 Å². The second kappa shape index (κ2) is 21.0. The molecule has 0 aliphatic heterocycles. The summed E-state index contributed by atoms with van der Waals surface area (Å²) < 4.78 is 0. The summed E-state index contributed by atoms with van der Waals surface area (Å²) in [6.45, 7) is 19.1. The fraction of sp³-hybridized carbons (Fsp3) is 0.938. The fourth-order valence-electron chi connectivity index (χ4n) is 5.07. The van der Waals surface area contributed by atoms with Gasteiger partial charge in [0.2, 0.25) is 0 Å². The summed E-state index contributed by atoms with van der Waals surface area (Å²) in [5, 5.41) is 9.34. The molecule has 0 rings (SSSR count). The predicted octanol–water partition coefficient (Wildman–Crippen LogP) is 10.5. The van der Waals surface area contributed by atoms with E-state index in [-0.39, 0.29) is 6.61 Å². The Labute approximate surface area is 210 Å². The highest BCUT2D eigenvalue weighted by Crippen LogP contribution is 2.29. The minimum atomic E-state index is 0.188. The van der Waals surface area contributed by atoms with Crippen molar-refractivity contribution in [1.82, 2.24) is 0 Å². The molecule has 0 aromatic carbocycles. The summed E-state index contributed by atoms with van der Waals surface area (Å²) in [4.78, 5) is 0. The first-order valence-corrected chi connectivity index (χ1v) is 14.9. The third-order valence-corrected chi connectivity index (χ3v) is 7.50. The zero-order valence-electron chi connectivity index (χ0n) is 24.2. The third-order valence-electron chi connectivity index (χ3n) is 7.50. The third kappa shape index (κ3) is 21.9. The van der Waals surface area contributed by atoms with Crippen molar-refractivity contribution in [3.05, 3.63) is 12.2 Å². The van der Waals surface area contributed by atoms with Crippen LogP contribution in [0.15, 0.2) is 12.2 Å². The highest BCUT2D eigenvalue weighted by molar-refractivity contribution is 4.88. The van der Waals surface area contributed by atoms with Gasteiger partial charge < -0.3 is 5.11 Å². The van der Waals surface area contributed by atoms with Crippen molar-refractivity contribution in [3.8, 4) is 0 Å². The van der Waals surface area contributed by atoms with Crippen molar-refractivity contribution in [2.75, 3.05) is 6.61 Å². The molecule has 1 nitrogen and oxygen atoms in total. The van der Waals surface area contributed by atoms with Crippen LogP contribution in [0.25, 0.3) is 0 Å². The van der Waals surface area contributed by atoms with Gasteiger partial charge in [0.25, 0.3) is 0 Å². The fourth-order valence-corrected chi connectivity index (χ4v) is 5.07. The van der Waals surface area contributed by atoms with E-state index < -0.39 is 0 Å². The van der Waals surface area contributed by atoms with Gasteiger partial charge in [0.15, 0.2) is 0 Å². The Bertz CT molecular complexity index is 376. The van der Waals surface area contributed by atoms with Crippen LogP contribution in [0.5, 0.6) is 0 Å². The Morgan fingerprint density at radius 3 is 1.06 bits per heavy atom. The molecule has 0 saturated carbocycles. The molecule has 0 radical (unpaired) electrons. The summed E-state index contributed by atoms with van der Waals surface area (Å²) in [5.74, 6) is 5.78. The Hall–Kier alpha value is -0.300. The van der Waals surface area contributed by atoms with Gasteiger partial charge in [-0.05, 0) is 54.3 Å². The van der Waals surface area contributed by atoms with Crippen LogP contribution in [0, 0.1) is 41.4 Å². The number of rotatable bonds is 22. The Morgan fingerprint density at radius 1 is 0.455 bits per heavy atom. The quantitative estimate of drug-likeness (QED) is 0.158. The van der Waals surface area contributed by atoms with Crippen LogP contribution < -0.4 is 0 Å². The lowest BCUT2D eigenvalue weighted by atomic mass is 9.84. The molecule has 1 heteroatoms. The number of aliphatic hydroxyl groups excluding tert-OH is 1. The maximum atomic E-state index is 9.34. The van der Waals surface area contributed by atoms with E-state index >= 15 is 0 Å². The molecule has 0 spiro atoms. The van der Waals surface area contributed by atoms with Gasteiger partial charge in [-0.25, -0.2) is 0 Å². The van der Waals surface area contributed by atoms with Gasteiger partial charge in [0, 0.05) is 0 Å². The lowest BCUT2D eigenvalue weighted by Crippen LogP contribution is -2.08. The van der Waals surface area contributed by atoms with E-state index in [0.717, 1.165) is 35.5 Å². The molecule has 0 aromatic heterocycles. The van der Waals surface area contributed by atoms with Gasteiger partial charge in [-0.3, -0.25) is 0 Å². The summed E-state index contributed by atoms with van der Waals surface area (Å²) in [6.07, 6.45) is 23.6. The lowest BCUT2D eigenvalue weighted by Gasteiger charge is -2.22. The molecule has 0 bridgehead atoms. The van der Waals surface area contributed by atoms with E-state index in [0.29, 0.717) is 5.92 Å². The molecule has 0 unspecified atom stereocenters. The normalized spacial score (nSPS) is 13.0. The summed E-state index contributed by atoms with van der Waals surface area (Å²) in [7, 11) is 0. The van der Waals surface area contributed by atoms with Gasteiger partial charge in [-0.2, -0.15) is 0 Å². The first kappa shape index (κ1) is 32.7. The van der Waals surface area contributed by atoms with Crippen LogP contribution in [-0.4, -0.2) is 11.7 Å². The minimum absolute atomic E-state index is 0.188. The highest BCUT2D eigenvalue weighted by Gasteiger charge is 2.15. The van der Waals surface area contributed by atoms with Crippen LogP contribution in [0.2, 0.25) is 0 Å². The lowest BCUT2D eigenvalue weighted by molar-refractivity contribution is 0.319. The molecular weight excluding hydrogens is 400 g/mol. The molecule has 0 heterocycles. The van der Waals surface area contributed by atoms with E-state index in [4.69, 9.17) is 0 Å². The van der Waals surface area contributed by atoms with Crippen LogP contribution in [0.3, 0.4) is 0 Å². The molecule has 0 aliphatic rings. The van der Waals surface area contributed by atoms with Gasteiger partial charge in [0.1, 0.15) is 0 Å². The van der Waals surface area contributed by atoms with E-state index in [1.54, 1.807) is 0 Å². The molecule has 0 atom stereocenters. The van der Waals surface area contributed by atoms with Crippen molar-refractivity contribution in [1.29, 1.82) is 0 Å². The predicted molar refractivity (Wildman–Crippen MR) is 151 cm³/mol. The molecular formula is C32H64O. The SMILES string of the molecule is CC(C)CCC(CCCC(/C=C/CO)CCCC(CCC(C)C)CCC(C)C)CCC(C)C. The van der Waals surface area contributed by atoms with Crippen molar-refractivity contribution >= 4 is 0 Å². The van der Waals surface area contributed by atoms with Crippen molar-refractivity contribution in [2.45, 2.75) is 145 Å². The van der Waals surface area contributed by atoms with E-state index in [1.165, 1.54) is 89.9 Å². The average Bonchev–Trinajstić information content (AvgIpc) is 2.73. The first-order valence-electron chi connectivity index (χ1n) is 14.9. The molecule has 0 fully saturated rings. The maximum absolute atomic E-state index is 9.34. The molecule has 198 valence electrons. The van der Waals surface area contributed by atoms with Gasteiger partial charge in [-0.15, -0.1) is 0 Å². The zero-order valence-corrected chi connectivity index (χ0v) is 24.2. The number of allylic oxidation sites excluding steroid dienone is 1. The molecule has 0 aromatic rings. The maximum Gasteiger partial charge on any atom is 0.0612 e. The largest absolute Gasteiger partial charge is 0.392 e. The van der Waals surface area contributed by atoms with Gasteiger partial charge in [0.05, 0.1) is 6.61 Å². The van der Waals surface area contributed by atoms with E-state index in [1.807, 2.05) is 6.08 Å². The van der Waals surface area contributed by atoms with Gasteiger partial charge in [-0.1, -0.05) is 145 Å². The minimum Gasteiger partial charge on any atom is -0.392 e. The Balaban J connectivity index is 4.62.